The average molecular weight is 487 g/mol. The van der Waals surface area contributed by atoms with Crippen LogP contribution in [-0.2, 0) is 21.2 Å². The van der Waals surface area contributed by atoms with Crippen molar-refractivity contribution in [3.63, 3.8) is 0 Å². The van der Waals surface area contributed by atoms with E-state index in [0.717, 1.165) is 15.6 Å². The largest absolute Gasteiger partial charge is 0.323 e. The summed E-state index contributed by atoms with van der Waals surface area (Å²) < 4.78 is 28.9. The molecular formula is C23H23BrN2O3S. The van der Waals surface area contributed by atoms with E-state index in [4.69, 9.17) is 0 Å². The Balaban J connectivity index is 2.00. The third-order valence-electron chi connectivity index (χ3n) is 4.69. The molecule has 0 saturated carbocycles. The van der Waals surface area contributed by atoms with Gasteiger partial charge in [0.05, 0.1) is 16.3 Å². The van der Waals surface area contributed by atoms with Crippen LogP contribution in [0.2, 0.25) is 0 Å². The molecular weight excluding hydrogens is 464 g/mol. The van der Waals surface area contributed by atoms with Gasteiger partial charge in [0.2, 0.25) is 5.91 Å². The lowest BCUT2D eigenvalue weighted by molar-refractivity contribution is -0.114. The van der Waals surface area contributed by atoms with Gasteiger partial charge in [0.25, 0.3) is 10.0 Å². The summed E-state index contributed by atoms with van der Waals surface area (Å²) in [6.07, 6.45) is 0.641. The van der Waals surface area contributed by atoms with Crippen molar-refractivity contribution in [2.24, 2.45) is 0 Å². The molecule has 0 aromatic heterocycles. The summed E-state index contributed by atoms with van der Waals surface area (Å²) in [5.41, 5.74) is 2.89. The van der Waals surface area contributed by atoms with Gasteiger partial charge in [-0.1, -0.05) is 55.0 Å². The molecule has 0 radical (unpaired) electrons. The zero-order valence-electron chi connectivity index (χ0n) is 16.8. The topological polar surface area (TPSA) is 66.5 Å². The number of sulfonamides is 1. The smallest absolute Gasteiger partial charge is 0.264 e. The van der Waals surface area contributed by atoms with Gasteiger partial charge < -0.3 is 5.32 Å². The summed E-state index contributed by atoms with van der Waals surface area (Å²) >= 11 is 3.40. The predicted molar refractivity (Wildman–Crippen MR) is 124 cm³/mol. The molecule has 3 aromatic rings. The second kappa shape index (κ2) is 9.45. The molecule has 0 heterocycles. The minimum absolute atomic E-state index is 0.146. The molecule has 1 amide bonds. The third kappa shape index (κ3) is 4.91. The van der Waals surface area contributed by atoms with Crippen molar-refractivity contribution in [1.29, 1.82) is 0 Å². The van der Waals surface area contributed by atoms with Crippen LogP contribution in [0.25, 0.3) is 0 Å². The molecule has 0 aliphatic carbocycles. The Morgan fingerprint density at radius 2 is 1.60 bits per heavy atom. The maximum atomic E-state index is 13.5. The molecule has 156 valence electrons. The molecule has 0 fully saturated rings. The van der Waals surface area contributed by atoms with Gasteiger partial charge in [0.1, 0.15) is 6.54 Å². The molecule has 0 unspecified atom stereocenters. The van der Waals surface area contributed by atoms with Crippen LogP contribution in [0, 0.1) is 6.92 Å². The van der Waals surface area contributed by atoms with Gasteiger partial charge in [-0.2, -0.15) is 0 Å². The van der Waals surface area contributed by atoms with Crippen LogP contribution in [-0.4, -0.2) is 20.9 Å². The van der Waals surface area contributed by atoms with Crippen molar-refractivity contribution in [3.05, 3.63) is 88.4 Å². The van der Waals surface area contributed by atoms with Crippen molar-refractivity contribution < 1.29 is 13.2 Å². The quantitative estimate of drug-likeness (QED) is 0.501. The summed E-state index contributed by atoms with van der Waals surface area (Å²) in [5, 5.41) is 2.79. The number of halogens is 1. The highest BCUT2D eigenvalue weighted by molar-refractivity contribution is 9.10. The van der Waals surface area contributed by atoms with Gasteiger partial charge in [0.15, 0.2) is 0 Å². The Bertz CT molecular complexity index is 1150. The lowest BCUT2D eigenvalue weighted by atomic mass is 10.1. The maximum Gasteiger partial charge on any atom is 0.264 e. The highest BCUT2D eigenvalue weighted by Gasteiger charge is 2.28. The summed E-state index contributed by atoms with van der Waals surface area (Å²) in [6, 6.07) is 21.1. The van der Waals surface area contributed by atoms with Crippen LogP contribution in [0.3, 0.4) is 0 Å². The SMILES string of the molecule is CCc1ccccc1N(CC(=O)Nc1ccccc1Br)S(=O)(=O)c1ccc(C)cc1. The van der Waals surface area contributed by atoms with Gasteiger partial charge in [-0.15, -0.1) is 0 Å². The summed E-state index contributed by atoms with van der Waals surface area (Å²) in [6.45, 7) is 3.51. The van der Waals surface area contributed by atoms with Gasteiger partial charge in [-0.25, -0.2) is 8.42 Å². The normalized spacial score (nSPS) is 11.2. The molecule has 7 heteroatoms. The van der Waals surface area contributed by atoms with Crippen molar-refractivity contribution >= 4 is 43.2 Å². The van der Waals surface area contributed by atoms with Crippen molar-refractivity contribution in [2.75, 3.05) is 16.2 Å². The van der Waals surface area contributed by atoms with Crippen molar-refractivity contribution in [2.45, 2.75) is 25.2 Å². The number of hydrogen-bond acceptors (Lipinski definition) is 3. The fourth-order valence-corrected chi connectivity index (χ4v) is 4.92. The zero-order chi connectivity index (χ0) is 21.7. The first-order chi connectivity index (χ1) is 14.3. The molecule has 5 nitrogen and oxygen atoms in total. The van der Waals surface area contributed by atoms with Crippen LogP contribution in [0.4, 0.5) is 11.4 Å². The van der Waals surface area contributed by atoms with E-state index in [9.17, 15) is 13.2 Å². The van der Waals surface area contributed by atoms with E-state index in [0.29, 0.717) is 17.8 Å². The minimum atomic E-state index is -3.94. The van der Waals surface area contributed by atoms with Crippen molar-refractivity contribution in [3.8, 4) is 0 Å². The molecule has 1 N–H and O–H groups in total. The molecule has 0 aliphatic rings. The van der Waals surface area contributed by atoms with Crippen LogP contribution >= 0.6 is 15.9 Å². The number of hydrogen-bond donors (Lipinski definition) is 1. The van der Waals surface area contributed by atoms with Crippen LogP contribution in [0.1, 0.15) is 18.1 Å². The zero-order valence-corrected chi connectivity index (χ0v) is 19.2. The fraction of sp³-hybridized carbons (Fsp3) is 0.174. The van der Waals surface area contributed by atoms with E-state index >= 15 is 0 Å². The van der Waals surface area contributed by atoms with Crippen LogP contribution < -0.4 is 9.62 Å². The van der Waals surface area contributed by atoms with E-state index < -0.39 is 15.9 Å². The van der Waals surface area contributed by atoms with Gasteiger partial charge >= 0.3 is 0 Å². The molecule has 3 rings (SSSR count). The van der Waals surface area contributed by atoms with E-state index in [1.807, 2.05) is 38.1 Å². The highest BCUT2D eigenvalue weighted by Crippen LogP contribution is 2.28. The Morgan fingerprint density at radius 1 is 0.967 bits per heavy atom. The Hall–Kier alpha value is -2.64. The number of aryl methyl sites for hydroxylation is 2. The van der Waals surface area contributed by atoms with Gasteiger partial charge in [-0.3, -0.25) is 9.10 Å². The first kappa shape index (κ1) is 22.1. The number of benzene rings is 3. The standard InChI is InChI=1S/C23H23BrN2O3S/c1-3-18-8-4-7-11-22(18)26(30(28,29)19-14-12-17(2)13-15-19)16-23(27)25-21-10-6-5-9-20(21)24/h4-15H,3,16H2,1-2H3,(H,25,27). The highest BCUT2D eigenvalue weighted by atomic mass is 79.9. The number of anilines is 2. The molecule has 0 bridgehead atoms. The molecule has 0 aliphatic heterocycles. The third-order valence-corrected chi connectivity index (χ3v) is 7.15. The number of carbonyl (C=O) groups excluding carboxylic acids is 1. The second-order valence-corrected chi connectivity index (χ2v) is 9.55. The Morgan fingerprint density at radius 3 is 2.27 bits per heavy atom. The van der Waals surface area contributed by atoms with E-state index in [2.05, 4.69) is 21.2 Å². The van der Waals surface area contributed by atoms with Crippen molar-refractivity contribution in [1.82, 2.24) is 0 Å². The molecule has 0 atom stereocenters. The first-order valence-corrected chi connectivity index (χ1v) is 11.8. The number of rotatable bonds is 7. The number of para-hydroxylation sites is 2. The molecule has 30 heavy (non-hydrogen) atoms. The summed E-state index contributed by atoms with van der Waals surface area (Å²) in [7, 11) is -3.94. The van der Waals surface area contributed by atoms with Gasteiger partial charge in [0, 0.05) is 4.47 Å². The average Bonchev–Trinajstić information content (AvgIpc) is 2.74. The number of carbonyl (C=O) groups is 1. The maximum absolute atomic E-state index is 13.5. The predicted octanol–water partition coefficient (Wildman–Crippen LogP) is 5.15. The monoisotopic (exact) mass is 486 g/mol. The number of nitrogens with zero attached hydrogens (tertiary/aromatic N) is 1. The van der Waals surface area contributed by atoms with Crippen LogP contribution in [0.5, 0.6) is 0 Å². The van der Waals surface area contributed by atoms with E-state index in [1.165, 1.54) is 4.31 Å². The molecule has 0 saturated heterocycles. The number of nitrogens with one attached hydrogen (secondary N) is 1. The second-order valence-electron chi connectivity index (χ2n) is 6.84. The van der Waals surface area contributed by atoms with E-state index in [-0.39, 0.29) is 11.4 Å². The summed E-state index contributed by atoms with van der Waals surface area (Å²) in [5.74, 6) is -0.427. The lowest BCUT2D eigenvalue weighted by Crippen LogP contribution is -2.38. The first-order valence-electron chi connectivity index (χ1n) is 9.54. The lowest BCUT2D eigenvalue weighted by Gasteiger charge is -2.26. The molecule has 0 spiro atoms. The number of amides is 1. The minimum Gasteiger partial charge on any atom is -0.323 e. The van der Waals surface area contributed by atoms with E-state index in [1.54, 1.807) is 48.5 Å². The Labute approximate surface area is 185 Å². The van der Waals surface area contributed by atoms with Gasteiger partial charge in [-0.05, 0) is 65.2 Å². The Kier molecular flexibility index (Phi) is 6.95. The van der Waals surface area contributed by atoms with Crippen LogP contribution in [0.15, 0.2) is 82.2 Å². The fourth-order valence-electron chi connectivity index (χ4n) is 3.07. The summed E-state index contributed by atoms with van der Waals surface area (Å²) in [4.78, 5) is 13.0. The molecule has 3 aromatic carbocycles.